The fourth-order valence-corrected chi connectivity index (χ4v) is 2.46. The van der Waals surface area contributed by atoms with Gasteiger partial charge in [-0.15, -0.1) is 0 Å². The minimum atomic E-state index is -0.155. The van der Waals surface area contributed by atoms with Crippen LogP contribution < -0.4 is 10.6 Å². The molecule has 0 unspecified atom stereocenters. The molecule has 1 saturated carbocycles. The number of aliphatic imine (C=N–C) groups is 1. The maximum absolute atomic E-state index is 13.2. The molecule has 104 valence electrons. The van der Waals surface area contributed by atoms with Crippen LogP contribution in [0.15, 0.2) is 23.2 Å². The van der Waals surface area contributed by atoms with Gasteiger partial charge < -0.3 is 10.6 Å². The van der Waals surface area contributed by atoms with Gasteiger partial charge in [-0.3, -0.25) is 4.99 Å². The lowest BCUT2D eigenvalue weighted by molar-refractivity contribution is 0.611. The maximum Gasteiger partial charge on any atom is 0.191 e. The van der Waals surface area contributed by atoms with Crippen LogP contribution in [0.3, 0.4) is 0 Å². The second-order valence-electron chi connectivity index (χ2n) is 5.14. The Labute approximate surface area is 114 Å². The van der Waals surface area contributed by atoms with E-state index in [1.165, 1.54) is 31.7 Å². The van der Waals surface area contributed by atoms with Crippen molar-refractivity contribution < 1.29 is 4.39 Å². The number of nitrogens with one attached hydrogen (secondary N) is 2. The summed E-state index contributed by atoms with van der Waals surface area (Å²) in [7, 11) is 1.78. The van der Waals surface area contributed by atoms with Gasteiger partial charge in [0.05, 0.1) is 0 Å². The molecule has 2 rings (SSSR count). The number of rotatable bonds is 3. The molecule has 0 radical (unpaired) electrons. The van der Waals surface area contributed by atoms with Crippen molar-refractivity contribution in [1.29, 1.82) is 0 Å². The number of aryl methyl sites for hydroxylation is 1. The van der Waals surface area contributed by atoms with Crippen LogP contribution in [0.2, 0.25) is 0 Å². The lowest BCUT2D eigenvalue weighted by Gasteiger charge is -2.17. The Bertz CT molecular complexity index is 451. The van der Waals surface area contributed by atoms with Gasteiger partial charge in [0.2, 0.25) is 0 Å². The Morgan fingerprint density at radius 1 is 1.37 bits per heavy atom. The highest BCUT2D eigenvalue weighted by atomic mass is 19.1. The van der Waals surface area contributed by atoms with Crippen molar-refractivity contribution in [2.24, 2.45) is 4.99 Å². The molecule has 1 aromatic carbocycles. The zero-order chi connectivity index (χ0) is 13.7. The van der Waals surface area contributed by atoms with Crippen molar-refractivity contribution in [1.82, 2.24) is 10.6 Å². The topological polar surface area (TPSA) is 36.4 Å². The van der Waals surface area contributed by atoms with Crippen molar-refractivity contribution >= 4 is 5.96 Å². The summed E-state index contributed by atoms with van der Waals surface area (Å²) >= 11 is 0. The summed E-state index contributed by atoms with van der Waals surface area (Å²) in [4.78, 5) is 4.23. The smallest absolute Gasteiger partial charge is 0.191 e. The zero-order valence-electron chi connectivity index (χ0n) is 11.7. The van der Waals surface area contributed by atoms with Gasteiger partial charge in [0.1, 0.15) is 5.82 Å². The average molecular weight is 263 g/mol. The van der Waals surface area contributed by atoms with E-state index >= 15 is 0 Å². The van der Waals surface area contributed by atoms with Gasteiger partial charge in [-0.1, -0.05) is 25.0 Å². The Kier molecular flexibility index (Phi) is 4.77. The van der Waals surface area contributed by atoms with Gasteiger partial charge in [0.25, 0.3) is 0 Å². The third kappa shape index (κ3) is 3.94. The average Bonchev–Trinajstić information content (AvgIpc) is 2.91. The van der Waals surface area contributed by atoms with Gasteiger partial charge in [-0.2, -0.15) is 0 Å². The van der Waals surface area contributed by atoms with Crippen LogP contribution in [0.5, 0.6) is 0 Å². The molecular formula is C15H22FN3. The van der Waals surface area contributed by atoms with E-state index in [4.69, 9.17) is 0 Å². The first-order valence-corrected chi connectivity index (χ1v) is 6.91. The zero-order valence-corrected chi connectivity index (χ0v) is 11.7. The fourth-order valence-electron chi connectivity index (χ4n) is 2.46. The molecule has 0 bridgehead atoms. The van der Waals surface area contributed by atoms with Crippen LogP contribution in [-0.4, -0.2) is 19.0 Å². The second-order valence-corrected chi connectivity index (χ2v) is 5.14. The molecule has 1 fully saturated rings. The largest absolute Gasteiger partial charge is 0.354 e. The molecule has 1 aliphatic rings. The van der Waals surface area contributed by atoms with E-state index < -0.39 is 0 Å². The van der Waals surface area contributed by atoms with Crippen molar-refractivity contribution in [3.05, 3.63) is 35.1 Å². The van der Waals surface area contributed by atoms with Crippen LogP contribution in [0.4, 0.5) is 4.39 Å². The van der Waals surface area contributed by atoms with Crippen molar-refractivity contribution in [3.8, 4) is 0 Å². The lowest BCUT2D eigenvalue weighted by atomic mass is 10.1. The van der Waals surface area contributed by atoms with Crippen LogP contribution in [0.1, 0.15) is 36.8 Å². The highest BCUT2D eigenvalue weighted by molar-refractivity contribution is 5.79. The first-order chi connectivity index (χ1) is 9.19. The number of benzene rings is 1. The van der Waals surface area contributed by atoms with E-state index in [2.05, 4.69) is 15.6 Å². The Morgan fingerprint density at radius 2 is 2.11 bits per heavy atom. The Hall–Kier alpha value is -1.58. The summed E-state index contributed by atoms with van der Waals surface area (Å²) in [6, 6.07) is 5.73. The van der Waals surface area contributed by atoms with Gasteiger partial charge in [0, 0.05) is 19.6 Å². The van der Waals surface area contributed by atoms with E-state index in [-0.39, 0.29) is 5.82 Å². The predicted octanol–water partition coefficient (Wildman–Crippen LogP) is 2.74. The number of nitrogens with zero attached hydrogens (tertiary/aromatic N) is 1. The molecule has 3 nitrogen and oxygen atoms in total. The lowest BCUT2D eigenvalue weighted by Crippen LogP contribution is -2.41. The van der Waals surface area contributed by atoms with E-state index in [1.54, 1.807) is 20.0 Å². The third-order valence-corrected chi connectivity index (χ3v) is 3.60. The molecule has 0 saturated heterocycles. The molecule has 1 aliphatic carbocycles. The molecular weight excluding hydrogens is 241 g/mol. The summed E-state index contributed by atoms with van der Waals surface area (Å²) in [5.74, 6) is 0.672. The molecule has 4 heteroatoms. The van der Waals surface area contributed by atoms with Gasteiger partial charge in [0.15, 0.2) is 5.96 Å². The fraction of sp³-hybridized carbons (Fsp3) is 0.533. The summed E-state index contributed by atoms with van der Waals surface area (Å²) in [5, 5.41) is 6.70. The number of guanidine groups is 1. The van der Waals surface area contributed by atoms with E-state index in [0.717, 1.165) is 11.5 Å². The molecule has 0 spiro atoms. The van der Waals surface area contributed by atoms with E-state index in [1.807, 2.05) is 6.07 Å². The van der Waals surface area contributed by atoms with Gasteiger partial charge in [-0.05, 0) is 37.0 Å². The van der Waals surface area contributed by atoms with E-state index in [0.29, 0.717) is 18.2 Å². The molecule has 1 aromatic rings. The molecule has 19 heavy (non-hydrogen) atoms. The number of hydrogen-bond donors (Lipinski definition) is 2. The minimum Gasteiger partial charge on any atom is -0.354 e. The first-order valence-electron chi connectivity index (χ1n) is 6.91. The molecule has 0 amide bonds. The van der Waals surface area contributed by atoms with Crippen LogP contribution in [-0.2, 0) is 6.54 Å². The highest BCUT2D eigenvalue weighted by Gasteiger charge is 2.15. The quantitative estimate of drug-likeness (QED) is 0.650. The monoisotopic (exact) mass is 263 g/mol. The summed E-state index contributed by atoms with van der Waals surface area (Å²) in [5.41, 5.74) is 1.74. The van der Waals surface area contributed by atoms with Crippen LogP contribution >= 0.6 is 0 Å². The third-order valence-electron chi connectivity index (χ3n) is 3.60. The summed E-state index contributed by atoms with van der Waals surface area (Å²) in [6.45, 7) is 2.44. The van der Waals surface area contributed by atoms with Crippen molar-refractivity contribution in [2.45, 2.75) is 45.2 Å². The number of hydrogen-bond acceptors (Lipinski definition) is 1. The van der Waals surface area contributed by atoms with Crippen LogP contribution in [0, 0.1) is 12.7 Å². The molecule has 2 N–H and O–H groups in total. The van der Waals surface area contributed by atoms with Crippen molar-refractivity contribution in [3.63, 3.8) is 0 Å². The standard InChI is InChI=1S/C15H22FN3/c1-11-9-12(7-8-14(11)16)10-18-15(17-2)19-13-5-3-4-6-13/h7-9,13H,3-6,10H2,1-2H3,(H2,17,18,19). The van der Waals surface area contributed by atoms with E-state index in [9.17, 15) is 4.39 Å². The SMILES string of the molecule is CN=C(NCc1ccc(F)c(C)c1)NC1CCCC1. The number of halogens is 1. The van der Waals surface area contributed by atoms with Gasteiger partial charge >= 0.3 is 0 Å². The second kappa shape index (κ2) is 6.55. The summed E-state index contributed by atoms with van der Waals surface area (Å²) in [6.07, 6.45) is 5.03. The molecule has 0 aliphatic heterocycles. The predicted molar refractivity (Wildman–Crippen MR) is 76.7 cm³/mol. The Balaban J connectivity index is 1.86. The van der Waals surface area contributed by atoms with Crippen molar-refractivity contribution in [2.75, 3.05) is 7.05 Å². The molecule has 0 aromatic heterocycles. The minimum absolute atomic E-state index is 0.155. The van der Waals surface area contributed by atoms with Gasteiger partial charge in [-0.25, -0.2) is 4.39 Å². The van der Waals surface area contributed by atoms with Crippen LogP contribution in [0.25, 0.3) is 0 Å². The molecule has 0 heterocycles. The summed E-state index contributed by atoms with van der Waals surface area (Å²) < 4.78 is 13.2. The highest BCUT2D eigenvalue weighted by Crippen LogP contribution is 2.17. The molecule has 0 atom stereocenters. The Morgan fingerprint density at radius 3 is 2.74 bits per heavy atom. The first kappa shape index (κ1) is 13.8. The maximum atomic E-state index is 13.2. The normalized spacial score (nSPS) is 16.7.